The van der Waals surface area contributed by atoms with E-state index in [1.807, 2.05) is 0 Å². The molecule has 0 aliphatic heterocycles. The molecular formula is C4H9FORf. The molecule has 3 heteroatoms. The zero-order chi connectivity index (χ0) is 4.83. The van der Waals surface area contributed by atoms with Gasteiger partial charge in [0.1, 0.15) is 0 Å². The molecule has 1 N–H and O–H groups in total. The summed E-state index contributed by atoms with van der Waals surface area (Å²) in [6.07, 6.45) is 1.09. The molecule has 0 fully saturated rings. The van der Waals surface area contributed by atoms with Crippen LogP contribution in [0.4, 0.5) is 4.39 Å². The molecule has 7 heavy (non-hydrogen) atoms. The van der Waals surface area contributed by atoms with Crippen molar-refractivity contribution < 1.29 is 9.50 Å². The van der Waals surface area contributed by atoms with Gasteiger partial charge in [-0.2, -0.15) is 0 Å². The Bertz CT molecular complexity index is 23.7. The molecule has 0 aromatic heterocycles. The van der Waals surface area contributed by atoms with E-state index in [1.54, 1.807) is 0 Å². The zero-order valence-electron chi connectivity index (χ0n) is 4.36. The third-order valence-electron chi connectivity index (χ3n) is 0.542. The number of halogens is 1. The summed E-state index contributed by atoms with van der Waals surface area (Å²) in [5, 5.41) is 8.03. The van der Waals surface area contributed by atoms with Gasteiger partial charge in [-0.05, 0) is 12.8 Å². The first-order chi connectivity index (χ1) is 2.91. The third-order valence-corrected chi connectivity index (χ3v) is 0.542. The van der Waals surface area contributed by atoms with Crippen molar-refractivity contribution in [3.63, 3.8) is 0 Å². The van der Waals surface area contributed by atoms with Gasteiger partial charge in [-0.3, -0.25) is 4.39 Å². The van der Waals surface area contributed by atoms with Gasteiger partial charge >= 0.3 is 0 Å². The molecule has 0 saturated carbocycles. The Balaban J connectivity index is 0. The van der Waals surface area contributed by atoms with Crippen LogP contribution in [0.1, 0.15) is 12.8 Å². The van der Waals surface area contributed by atoms with Gasteiger partial charge in [0.2, 0.25) is 0 Å². The summed E-state index contributed by atoms with van der Waals surface area (Å²) in [7, 11) is 0. The van der Waals surface area contributed by atoms with E-state index in [2.05, 4.69) is 0 Å². The zero-order valence-corrected chi connectivity index (χ0v) is 10.8. The van der Waals surface area contributed by atoms with Gasteiger partial charge in [-0.15, -0.1) is 0 Å². The quantitative estimate of drug-likeness (QED) is 0.737. The minimum Gasteiger partial charge on any atom is -0.396 e. The van der Waals surface area contributed by atoms with Gasteiger partial charge in [0.25, 0.3) is 0 Å². The van der Waals surface area contributed by atoms with Crippen molar-refractivity contribution in [2.75, 3.05) is 13.3 Å². The van der Waals surface area contributed by atoms with Gasteiger partial charge < -0.3 is 5.11 Å². The van der Waals surface area contributed by atoms with E-state index in [4.69, 9.17) is 5.11 Å². The molecule has 40 valence electrons. The van der Waals surface area contributed by atoms with Gasteiger partial charge in [0.05, 0.1) is 6.67 Å². The van der Waals surface area contributed by atoms with Crippen molar-refractivity contribution in [3.8, 4) is 0 Å². The van der Waals surface area contributed by atoms with Crippen LogP contribution in [0, 0.1) is 0 Å². The van der Waals surface area contributed by atoms with Crippen LogP contribution in [0.25, 0.3) is 0 Å². The Labute approximate surface area is 36.8 Å². The first-order valence-corrected chi connectivity index (χ1v) is 2.08. The van der Waals surface area contributed by atoms with Crippen LogP contribution in [-0.4, -0.2) is 18.4 Å². The van der Waals surface area contributed by atoms with Crippen molar-refractivity contribution in [1.29, 1.82) is 0 Å². The first-order valence-electron chi connectivity index (χ1n) is 2.08. The van der Waals surface area contributed by atoms with Crippen LogP contribution in [0.5, 0.6) is 0 Å². The number of hydrogen-bond donors (Lipinski definition) is 1. The number of rotatable bonds is 3. The molecule has 0 rings (SSSR count). The second-order valence-corrected chi connectivity index (χ2v) is 1.12. The van der Waals surface area contributed by atoms with E-state index in [0.717, 1.165) is 0 Å². The smallest absolute Gasteiger partial charge is 0.0895 e. The normalized spacial score (nSPS) is 7.71. The van der Waals surface area contributed by atoms with Crippen molar-refractivity contribution in [1.82, 2.24) is 0 Å². The van der Waals surface area contributed by atoms with Crippen molar-refractivity contribution >= 4 is 0 Å². The average Bonchev–Trinajstić information content (AvgIpc) is 1.61. The van der Waals surface area contributed by atoms with Crippen LogP contribution in [0.2, 0.25) is 0 Å². The summed E-state index contributed by atoms with van der Waals surface area (Å²) in [6, 6.07) is 0. The predicted molar refractivity (Wildman–Crippen MR) is 22.3 cm³/mol. The van der Waals surface area contributed by atoms with Gasteiger partial charge in [-0.1, -0.05) is 0 Å². The van der Waals surface area contributed by atoms with E-state index in [9.17, 15) is 4.39 Å². The maximum Gasteiger partial charge on any atom is 0.0895 e. The summed E-state index contributed by atoms with van der Waals surface area (Å²) in [6.45, 7) is -0.190. The SMILES string of the molecule is OCCCCF.[Rf]. The van der Waals surface area contributed by atoms with Crippen LogP contribution in [0.15, 0.2) is 0 Å². The number of alkyl halides is 1. The molecule has 0 spiro atoms. The Kier molecular flexibility index (Phi) is 11.8. The molecule has 0 atom stereocenters. The molecule has 0 aliphatic rings. The maximum atomic E-state index is 11.1. The Hall–Kier alpha value is -1.11. The molecule has 0 radical (unpaired) electrons. The minimum atomic E-state index is -0.305. The molecule has 0 heterocycles. The van der Waals surface area contributed by atoms with Crippen LogP contribution in [-0.2, 0) is 0 Å². The Morgan fingerprint density at radius 1 is 1.29 bits per heavy atom. The topological polar surface area (TPSA) is 20.2 Å². The van der Waals surface area contributed by atoms with Crippen LogP contribution >= 0.6 is 0 Å². The fraction of sp³-hybridized carbons (Fsp3) is 1.00. The first kappa shape index (κ1) is 9.31. The summed E-state index contributed by atoms with van der Waals surface area (Å²) in [5.74, 6) is 0. The Morgan fingerprint density at radius 3 is 2.00 bits per heavy atom. The second kappa shape index (κ2) is 8.86. The van der Waals surface area contributed by atoms with Gasteiger partial charge in [0, 0.05) is 6.61 Å². The number of aliphatic hydroxyl groups excluding tert-OH is 1. The van der Waals surface area contributed by atoms with E-state index < -0.39 is 0 Å². The molecule has 0 aromatic carbocycles. The largest absolute Gasteiger partial charge is 0.396 e. The molecule has 0 aromatic rings. The summed E-state index contributed by atoms with van der Waals surface area (Å²) < 4.78 is 11.1. The Morgan fingerprint density at radius 2 is 1.86 bits per heavy atom. The summed E-state index contributed by atoms with van der Waals surface area (Å²) in [4.78, 5) is 0. The fourth-order valence-electron chi connectivity index (χ4n) is 0.206. The van der Waals surface area contributed by atoms with E-state index >= 15 is 0 Å². The average molecular weight is 359 g/mol. The van der Waals surface area contributed by atoms with E-state index in [-0.39, 0.29) is 13.3 Å². The second-order valence-electron chi connectivity index (χ2n) is 1.12. The monoisotopic (exact) mass is 359 g/mol. The van der Waals surface area contributed by atoms with Crippen LogP contribution in [0.3, 0.4) is 0 Å². The predicted octanol–water partition coefficient (Wildman–Crippen LogP) is 0.728. The third kappa shape index (κ3) is 11.4. The molecule has 0 bridgehead atoms. The van der Waals surface area contributed by atoms with E-state index in [1.165, 1.54) is 0 Å². The molecule has 0 aliphatic carbocycles. The minimum absolute atomic E-state index is 0. The molecule has 0 unspecified atom stereocenters. The molecule has 0 amide bonds. The van der Waals surface area contributed by atoms with Crippen LogP contribution < -0.4 is 0 Å². The number of hydrogen-bond acceptors (Lipinski definition) is 1. The molecular weight excluding hydrogens is 350 g/mol. The van der Waals surface area contributed by atoms with Gasteiger partial charge in [-0.25, -0.2) is 0 Å². The number of unbranched alkanes of at least 4 members (excludes halogenated alkanes) is 1. The number of aliphatic hydroxyl groups is 1. The molecule has 0 saturated heterocycles. The standard InChI is InChI=1S/C4H9FO.Rf/c5-3-1-2-4-6;/h6H,1-4H2;. The molecule has 1 nitrogen and oxygen atoms in total. The van der Waals surface area contributed by atoms with E-state index in [0.29, 0.717) is 12.8 Å². The van der Waals surface area contributed by atoms with Crippen molar-refractivity contribution in [3.05, 3.63) is 0 Å². The summed E-state index contributed by atoms with van der Waals surface area (Å²) >= 11 is 0. The van der Waals surface area contributed by atoms with Crippen molar-refractivity contribution in [2.24, 2.45) is 0 Å². The fourth-order valence-corrected chi connectivity index (χ4v) is 0.206. The van der Waals surface area contributed by atoms with Crippen molar-refractivity contribution in [2.45, 2.75) is 12.8 Å². The van der Waals surface area contributed by atoms with Gasteiger partial charge in [0.15, 0.2) is 0 Å². The maximum absolute atomic E-state index is 11.1. The summed E-state index contributed by atoms with van der Waals surface area (Å²) in [5.41, 5.74) is 0.